The van der Waals surface area contributed by atoms with Crippen LogP contribution in [-0.4, -0.2) is 42.1 Å². The standard InChI is InChI=1S/C17H18ClN3O2/c18-16-5-4-15(11-19-16)20-17(22)14-3-1-2-13(10-14)12-21-6-8-23-9-7-21/h1-5,10-11H,6-9,12H2,(H,20,22). The van der Waals surface area contributed by atoms with Crippen molar-refractivity contribution in [3.05, 3.63) is 58.9 Å². The van der Waals surface area contributed by atoms with Crippen molar-refractivity contribution in [2.24, 2.45) is 0 Å². The normalized spacial score (nSPS) is 15.3. The first-order valence-corrected chi connectivity index (χ1v) is 7.90. The molecule has 3 rings (SSSR count). The van der Waals surface area contributed by atoms with E-state index in [4.69, 9.17) is 16.3 Å². The number of carbonyl (C=O) groups is 1. The van der Waals surface area contributed by atoms with Crippen molar-refractivity contribution in [2.45, 2.75) is 6.54 Å². The van der Waals surface area contributed by atoms with Gasteiger partial charge in [-0.05, 0) is 29.8 Å². The summed E-state index contributed by atoms with van der Waals surface area (Å²) in [6.45, 7) is 4.21. The monoisotopic (exact) mass is 331 g/mol. The van der Waals surface area contributed by atoms with Gasteiger partial charge in [-0.3, -0.25) is 9.69 Å². The van der Waals surface area contributed by atoms with E-state index in [0.717, 1.165) is 38.4 Å². The second kappa shape index (κ2) is 7.55. The molecule has 1 aliphatic rings. The minimum atomic E-state index is -0.155. The number of anilines is 1. The number of rotatable bonds is 4. The molecule has 0 bridgehead atoms. The van der Waals surface area contributed by atoms with Gasteiger partial charge in [-0.2, -0.15) is 0 Å². The maximum Gasteiger partial charge on any atom is 0.255 e. The molecule has 1 fully saturated rings. The molecule has 1 amide bonds. The van der Waals surface area contributed by atoms with Gasteiger partial charge < -0.3 is 10.1 Å². The maximum absolute atomic E-state index is 12.3. The van der Waals surface area contributed by atoms with Crippen LogP contribution < -0.4 is 5.32 Å². The lowest BCUT2D eigenvalue weighted by Gasteiger charge is -2.26. The van der Waals surface area contributed by atoms with Gasteiger partial charge in [0.2, 0.25) is 0 Å². The summed E-state index contributed by atoms with van der Waals surface area (Å²) in [5.41, 5.74) is 2.37. The topological polar surface area (TPSA) is 54.5 Å². The van der Waals surface area contributed by atoms with Crippen molar-refractivity contribution in [3.63, 3.8) is 0 Å². The lowest BCUT2D eigenvalue weighted by atomic mass is 10.1. The van der Waals surface area contributed by atoms with Gasteiger partial charge in [0.05, 0.1) is 25.1 Å². The van der Waals surface area contributed by atoms with Gasteiger partial charge in [-0.25, -0.2) is 4.98 Å². The van der Waals surface area contributed by atoms with Crippen LogP contribution in [-0.2, 0) is 11.3 Å². The van der Waals surface area contributed by atoms with Crippen LogP contribution in [0.5, 0.6) is 0 Å². The van der Waals surface area contributed by atoms with E-state index >= 15 is 0 Å². The zero-order valence-electron chi connectivity index (χ0n) is 12.7. The fourth-order valence-electron chi connectivity index (χ4n) is 2.48. The van der Waals surface area contributed by atoms with Gasteiger partial charge in [0.15, 0.2) is 0 Å². The summed E-state index contributed by atoms with van der Waals surface area (Å²) in [5, 5.41) is 3.22. The smallest absolute Gasteiger partial charge is 0.255 e. The highest BCUT2D eigenvalue weighted by Gasteiger charge is 2.12. The van der Waals surface area contributed by atoms with E-state index in [-0.39, 0.29) is 5.91 Å². The van der Waals surface area contributed by atoms with Gasteiger partial charge in [-0.1, -0.05) is 23.7 Å². The Labute approximate surface area is 140 Å². The van der Waals surface area contributed by atoms with Gasteiger partial charge in [0.25, 0.3) is 5.91 Å². The van der Waals surface area contributed by atoms with Crippen molar-refractivity contribution in [3.8, 4) is 0 Å². The number of hydrogen-bond donors (Lipinski definition) is 1. The number of benzene rings is 1. The van der Waals surface area contributed by atoms with Crippen LogP contribution >= 0.6 is 11.6 Å². The minimum absolute atomic E-state index is 0.155. The molecule has 0 saturated carbocycles. The molecule has 0 atom stereocenters. The fourth-order valence-corrected chi connectivity index (χ4v) is 2.59. The summed E-state index contributed by atoms with van der Waals surface area (Å²) in [6.07, 6.45) is 1.54. The Hall–Kier alpha value is -1.95. The molecule has 2 aromatic rings. The van der Waals surface area contributed by atoms with Crippen LogP contribution in [0.4, 0.5) is 5.69 Å². The van der Waals surface area contributed by atoms with Crippen LogP contribution in [0.25, 0.3) is 0 Å². The van der Waals surface area contributed by atoms with E-state index in [1.807, 2.05) is 24.3 Å². The average molecular weight is 332 g/mol. The summed E-state index contributed by atoms with van der Waals surface area (Å²) in [5.74, 6) is -0.155. The maximum atomic E-state index is 12.3. The fraction of sp³-hybridized carbons (Fsp3) is 0.294. The molecular formula is C17H18ClN3O2. The highest BCUT2D eigenvalue weighted by molar-refractivity contribution is 6.29. The Bertz CT molecular complexity index is 670. The number of ether oxygens (including phenoxy) is 1. The van der Waals surface area contributed by atoms with Crippen molar-refractivity contribution in [1.82, 2.24) is 9.88 Å². The van der Waals surface area contributed by atoms with E-state index in [1.54, 1.807) is 12.1 Å². The molecule has 120 valence electrons. The first-order chi connectivity index (χ1) is 11.2. The molecule has 0 radical (unpaired) electrons. The van der Waals surface area contributed by atoms with E-state index in [9.17, 15) is 4.79 Å². The lowest BCUT2D eigenvalue weighted by Crippen LogP contribution is -2.35. The molecule has 6 heteroatoms. The molecule has 0 spiro atoms. The van der Waals surface area contributed by atoms with E-state index in [1.165, 1.54) is 6.20 Å². The predicted octanol–water partition coefficient (Wildman–Crippen LogP) is 2.82. The summed E-state index contributed by atoms with van der Waals surface area (Å²) in [4.78, 5) is 18.6. The van der Waals surface area contributed by atoms with Crippen LogP contribution in [0, 0.1) is 0 Å². The third kappa shape index (κ3) is 4.51. The van der Waals surface area contributed by atoms with E-state index < -0.39 is 0 Å². The largest absolute Gasteiger partial charge is 0.379 e. The molecule has 2 heterocycles. The molecule has 0 aliphatic carbocycles. The predicted molar refractivity (Wildman–Crippen MR) is 89.7 cm³/mol. The Balaban J connectivity index is 1.66. The van der Waals surface area contributed by atoms with Gasteiger partial charge in [0.1, 0.15) is 5.15 Å². The number of halogens is 1. The van der Waals surface area contributed by atoms with Crippen molar-refractivity contribution < 1.29 is 9.53 Å². The van der Waals surface area contributed by atoms with Crippen LogP contribution in [0.1, 0.15) is 15.9 Å². The lowest BCUT2D eigenvalue weighted by molar-refractivity contribution is 0.0342. The second-order valence-corrected chi connectivity index (χ2v) is 5.80. The Morgan fingerprint density at radius 3 is 2.83 bits per heavy atom. The van der Waals surface area contributed by atoms with Crippen molar-refractivity contribution in [1.29, 1.82) is 0 Å². The SMILES string of the molecule is O=C(Nc1ccc(Cl)nc1)c1cccc(CN2CCOCC2)c1. The van der Waals surface area contributed by atoms with Crippen LogP contribution in [0.15, 0.2) is 42.6 Å². The van der Waals surface area contributed by atoms with Gasteiger partial charge in [0, 0.05) is 25.2 Å². The first-order valence-electron chi connectivity index (χ1n) is 7.53. The van der Waals surface area contributed by atoms with Crippen LogP contribution in [0.3, 0.4) is 0 Å². The molecular weight excluding hydrogens is 314 g/mol. The Morgan fingerprint density at radius 2 is 2.09 bits per heavy atom. The Morgan fingerprint density at radius 1 is 1.26 bits per heavy atom. The molecule has 1 aromatic carbocycles. The summed E-state index contributed by atoms with van der Waals surface area (Å²) < 4.78 is 5.35. The molecule has 5 nitrogen and oxygen atoms in total. The summed E-state index contributed by atoms with van der Waals surface area (Å²) in [6, 6.07) is 11.0. The third-order valence-electron chi connectivity index (χ3n) is 3.68. The minimum Gasteiger partial charge on any atom is -0.379 e. The number of hydrogen-bond acceptors (Lipinski definition) is 4. The quantitative estimate of drug-likeness (QED) is 0.875. The van der Waals surface area contributed by atoms with Gasteiger partial charge >= 0.3 is 0 Å². The average Bonchev–Trinajstić information content (AvgIpc) is 2.58. The molecule has 23 heavy (non-hydrogen) atoms. The zero-order valence-corrected chi connectivity index (χ0v) is 13.4. The number of pyridine rings is 1. The number of nitrogens with one attached hydrogen (secondary N) is 1. The number of carbonyl (C=O) groups excluding carboxylic acids is 1. The second-order valence-electron chi connectivity index (χ2n) is 5.41. The van der Waals surface area contributed by atoms with Gasteiger partial charge in [-0.15, -0.1) is 0 Å². The number of aromatic nitrogens is 1. The highest BCUT2D eigenvalue weighted by Crippen LogP contribution is 2.14. The Kier molecular flexibility index (Phi) is 5.23. The molecule has 1 aliphatic heterocycles. The summed E-state index contributed by atoms with van der Waals surface area (Å²) >= 11 is 5.74. The highest BCUT2D eigenvalue weighted by atomic mass is 35.5. The van der Waals surface area contributed by atoms with Crippen LogP contribution in [0.2, 0.25) is 5.15 Å². The van der Waals surface area contributed by atoms with E-state index in [2.05, 4.69) is 15.2 Å². The van der Waals surface area contributed by atoms with Crippen molar-refractivity contribution in [2.75, 3.05) is 31.6 Å². The third-order valence-corrected chi connectivity index (χ3v) is 3.91. The molecule has 1 aromatic heterocycles. The molecule has 1 N–H and O–H groups in total. The zero-order chi connectivity index (χ0) is 16.1. The van der Waals surface area contributed by atoms with Crippen molar-refractivity contribution >= 4 is 23.2 Å². The van der Waals surface area contributed by atoms with E-state index in [0.29, 0.717) is 16.4 Å². The summed E-state index contributed by atoms with van der Waals surface area (Å²) in [7, 11) is 0. The molecule has 0 unspecified atom stereocenters. The number of nitrogens with zero attached hydrogens (tertiary/aromatic N) is 2. The first kappa shape index (κ1) is 15.9. The number of morpholine rings is 1. The molecule has 1 saturated heterocycles. The number of amides is 1.